The van der Waals surface area contributed by atoms with Gasteiger partial charge in [-0.05, 0) is 67.3 Å². The summed E-state index contributed by atoms with van der Waals surface area (Å²) in [6.45, 7) is 0. The molecule has 2 heterocycles. The lowest BCUT2D eigenvalue weighted by molar-refractivity contribution is 0.414. The minimum absolute atomic E-state index is 0.264. The average Bonchev–Trinajstić information content (AvgIpc) is 3.11. The van der Waals surface area contributed by atoms with Crippen LogP contribution >= 0.6 is 0 Å². The summed E-state index contributed by atoms with van der Waals surface area (Å²) < 4.78 is 20.7. The van der Waals surface area contributed by atoms with E-state index < -0.39 is 0 Å². The van der Waals surface area contributed by atoms with Gasteiger partial charge in [0.25, 0.3) is 0 Å². The summed E-state index contributed by atoms with van der Waals surface area (Å²) in [6.07, 6.45) is 6.16. The standard InChI is InChI=1S/C24H23FN4O/c1-29-22(8-4-6-17-5-3-7-21(15-17)30-2)23(19-13-14-26-27-16-19)24(28-29)18-9-11-20(25)12-10-18/h3,5,7,9-16H,4,6,8H2,1-2H3. The van der Waals surface area contributed by atoms with Gasteiger partial charge in [0.15, 0.2) is 0 Å². The molecule has 0 aliphatic carbocycles. The first-order valence-corrected chi connectivity index (χ1v) is 9.87. The summed E-state index contributed by atoms with van der Waals surface area (Å²) in [5.41, 5.74) is 6.02. The van der Waals surface area contributed by atoms with Gasteiger partial charge in [-0.3, -0.25) is 4.68 Å². The van der Waals surface area contributed by atoms with Crippen LogP contribution in [0, 0.1) is 5.82 Å². The lowest BCUT2D eigenvalue weighted by Gasteiger charge is -2.08. The van der Waals surface area contributed by atoms with E-state index in [1.54, 1.807) is 31.6 Å². The Hall–Kier alpha value is -3.54. The first kappa shape index (κ1) is 19.8. The number of aromatic nitrogens is 4. The topological polar surface area (TPSA) is 52.8 Å². The number of aryl methyl sites for hydroxylation is 2. The number of nitrogens with zero attached hydrogens (tertiary/aromatic N) is 4. The number of methoxy groups -OCH3 is 1. The number of ether oxygens (including phenoxy) is 1. The Bertz CT molecular complexity index is 1120. The lowest BCUT2D eigenvalue weighted by atomic mass is 9.97. The van der Waals surface area contributed by atoms with Crippen molar-refractivity contribution in [1.29, 1.82) is 0 Å². The molecule has 6 heteroatoms. The molecule has 5 nitrogen and oxygen atoms in total. The van der Waals surface area contributed by atoms with Crippen molar-refractivity contribution in [3.05, 3.63) is 84.1 Å². The summed E-state index contributed by atoms with van der Waals surface area (Å²) in [4.78, 5) is 0. The number of hydrogen-bond acceptors (Lipinski definition) is 4. The van der Waals surface area contributed by atoms with Crippen molar-refractivity contribution in [2.75, 3.05) is 7.11 Å². The predicted molar refractivity (Wildman–Crippen MR) is 115 cm³/mol. The zero-order chi connectivity index (χ0) is 20.9. The third-order valence-corrected chi connectivity index (χ3v) is 5.17. The van der Waals surface area contributed by atoms with Crippen LogP contribution in [-0.4, -0.2) is 27.1 Å². The molecule has 30 heavy (non-hydrogen) atoms. The molecule has 0 fully saturated rings. The van der Waals surface area contributed by atoms with Crippen molar-refractivity contribution < 1.29 is 9.13 Å². The molecule has 0 unspecified atom stereocenters. The van der Waals surface area contributed by atoms with Crippen LogP contribution < -0.4 is 4.74 Å². The van der Waals surface area contributed by atoms with E-state index in [1.807, 2.05) is 29.9 Å². The molecule has 0 saturated carbocycles. The van der Waals surface area contributed by atoms with Gasteiger partial charge in [0.05, 0.1) is 19.5 Å². The highest BCUT2D eigenvalue weighted by Gasteiger charge is 2.19. The molecule has 0 aliphatic heterocycles. The van der Waals surface area contributed by atoms with Crippen molar-refractivity contribution in [2.24, 2.45) is 7.05 Å². The monoisotopic (exact) mass is 402 g/mol. The summed E-state index contributed by atoms with van der Waals surface area (Å²) in [5, 5.41) is 12.7. The molecule has 0 bridgehead atoms. The SMILES string of the molecule is COc1cccc(CCCc2c(-c3ccnnc3)c(-c3ccc(F)cc3)nn2C)c1. The van der Waals surface area contributed by atoms with E-state index in [9.17, 15) is 4.39 Å². The molecule has 0 radical (unpaired) electrons. The lowest BCUT2D eigenvalue weighted by Crippen LogP contribution is -2.01. The number of hydrogen-bond donors (Lipinski definition) is 0. The molecule has 152 valence electrons. The minimum atomic E-state index is -0.264. The van der Waals surface area contributed by atoms with Crippen molar-refractivity contribution in [3.63, 3.8) is 0 Å². The minimum Gasteiger partial charge on any atom is -0.497 e. The Labute approximate surface area is 175 Å². The Balaban J connectivity index is 1.66. The quantitative estimate of drug-likeness (QED) is 0.443. The fraction of sp³-hybridized carbons (Fsp3) is 0.208. The molecule has 4 rings (SSSR count). The zero-order valence-corrected chi connectivity index (χ0v) is 17.0. The van der Waals surface area contributed by atoms with Crippen LogP contribution in [0.4, 0.5) is 4.39 Å². The number of benzene rings is 2. The Kier molecular flexibility index (Phi) is 5.84. The van der Waals surface area contributed by atoms with E-state index in [4.69, 9.17) is 9.84 Å². The van der Waals surface area contributed by atoms with Crippen LogP contribution in [0.5, 0.6) is 5.75 Å². The van der Waals surface area contributed by atoms with E-state index >= 15 is 0 Å². The molecule has 0 atom stereocenters. The van der Waals surface area contributed by atoms with Crippen molar-refractivity contribution in [3.8, 4) is 28.1 Å². The fourth-order valence-corrected chi connectivity index (χ4v) is 3.69. The molecule has 0 N–H and O–H groups in total. The summed E-state index contributed by atoms with van der Waals surface area (Å²) >= 11 is 0. The summed E-state index contributed by atoms with van der Waals surface area (Å²) in [7, 11) is 3.63. The zero-order valence-electron chi connectivity index (χ0n) is 17.0. The third kappa shape index (κ3) is 4.22. The molecule has 0 spiro atoms. The predicted octanol–water partition coefficient (Wildman–Crippen LogP) is 4.87. The first-order valence-electron chi connectivity index (χ1n) is 9.87. The van der Waals surface area contributed by atoms with Gasteiger partial charge < -0.3 is 4.74 Å². The van der Waals surface area contributed by atoms with E-state index in [0.717, 1.165) is 53.1 Å². The van der Waals surface area contributed by atoms with Gasteiger partial charge in [0, 0.05) is 29.4 Å². The van der Waals surface area contributed by atoms with Gasteiger partial charge in [-0.1, -0.05) is 12.1 Å². The van der Waals surface area contributed by atoms with Gasteiger partial charge in [-0.25, -0.2) is 4.39 Å². The number of rotatable bonds is 7. The molecular formula is C24H23FN4O. The van der Waals surface area contributed by atoms with Gasteiger partial charge in [0.1, 0.15) is 17.3 Å². The van der Waals surface area contributed by atoms with Crippen LogP contribution in [-0.2, 0) is 19.9 Å². The summed E-state index contributed by atoms with van der Waals surface area (Å²) in [5.74, 6) is 0.607. The Morgan fingerprint density at radius 2 is 1.80 bits per heavy atom. The van der Waals surface area contributed by atoms with Crippen LogP contribution in [0.15, 0.2) is 67.0 Å². The maximum Gasteiger partial charge on any atom is 0.123 e. The second kappa shape index (κ2) is 8.86. The highest BCUT2D eigenvalue weighted by Crippen LogP contribution is 2.34. The van der Waals surface area contributed by atoms with Gasteiger partial charge in [0.2, 0.25) is 0 Å². The van der Waals surface area contributed by atoms with E-state index in [1.165, 1.54) is 17.7 Å². The average molecular weight is 402 g/mol. The van der Waals surface area contributed by atoms with Crippen molar-refractivity contribution in [2.45, 2.75) is 19.3 Å². The van der Waals surface area contributed by atoms with Crippen LogP contribution in [0.1, 0.15) is 17.7 Å². The molecule has 4 aromatic rings. The van der Waals surface area contributed by atoms with Crippen LogP contribution in [0.25, 0.3) is 22.4 Å². The molecular weight excluding hydrogens is 379 g/mol. The van der Waals surface area contributed by atoms with E-state index in [0.29, 0.717) is 0 Å². The third-order valence-electron chi connectivity index (χ3n) is 5.17. The normalized spacial score (nSPS) is 10.9. The van der Waals surface area contributed by atoms with Gasteiger partial charge in [-0.15, -0.1) is 0 Å². The number of halogens is 1. The highest BCUT2D eigenvalue weighted by atomic mass is 19.1. The van der Waals surface area contributed by atoms with Crippen LogP contribution in [0.2, 0.25) is 0 Å². The first-order chi connectivity index (χ1) is 14.7. The van der Waals surface area contributed by atoms with Gasteiger partial charge in [-0.2, -0.15) is 15.3 Å². The molecule has 0 amide bonds. The molecule has 2 aromatic carbocycles. The Morgan fingerprint density at radius 3 is 2.53 bits per heavy atom. The maximum atomic E-state index is 13.4. The smallest absolute Gasteiger partial charge is 0.123 e. The summed E-state index contributed by atoms with van der Waals surface area (Å²) in [6, 6.07) is 16.5. The molecule has 0 aliphatic rings. The second-order valence-electron chi connectivity index (χ2n) is 7.14. The Morgan fingerprint density at radius 1 is 0.967 bits per heavy atom. The van der Waals surface area contributed by atoms with Crippen LogP contribution in [0.3, 0.4) is 0 Å². The van der Waals surface area contributed by atoms with E-state index in [2.05, 4.69) is 22.3 Å². The van der Waals surface area contributed by atoms with E-state index in [-0.39, 0.29) is 5.82 Å². The highest BCUT2D eigenvalue weighted by molar-refractivity contribution is 5.82. The van der Waals surface area contributed by atoms with Crippen molar-refractivity contribution >= 4 is 0 Å². The molecule has 0 saturated heterocycles. The second-order valence-corrected chi connectivity index (χ2v) is 7.14. The fourth-order valence-electron chi connectivity index (χ4n) is 3.69. The maximum absolute atomic E-state index is 13.4. The van der Waals surface area contributed by atoms with Gasteiger partial charge >= 0.3 is 0 Å². The largest absolute Gasteiger partial charge is 0.497 e. The molecule has 2 aromatic heterocycles. The van der Waals surface area contributed by atoms with Crippen molar-refractivity contribution in [1.82, 2.24) is 20.0 Å².